The first kappa shape index (κ1) is 28.6. The molecular weight excluding hydrogens is 579 g/mol. The van der Waals surface area contributed by atoms with Gasteiger partial charge in [0.05, 0.1) is 0 Å². The van der Waals surface area contributed by atoms with E-state index in [2.05, 4.69) is 81.4 Å². The fourth-order valence-electron chi connectivity index (χ4n) is 2.81. The Hall–Kier alpha value is 0.790. The van der Waals surface area contributed by atoms with Gasteiger partial charge in [0.25, 0.3) is 0 Å². The number of rotatable bonds is 0. The Balaban J connectivity index is -0.000000308. The molecule has 2 aliphatic rings. The fraction of sp³-hybridized carbons (Fsp3) is 0.600. The van der Waals surface area contributed by atoms with Gasteiger partial charge in [-0.25, -0.2) is 11.1 Å². The minimum atomic E-state index is 0. The standard InChI is InChI=1S/2C10H15.2BrH.Hf/c2*1-7-6-10(4,5)9(3)8(7)2;;;/h2*1-5H3;2*1H;/q2*-1;;;+4/p-2. The van der Waals surface area contributed by atoms with Crippen LogP contribution in [-0.4, -0.2) is 0 Å². The maximum Gasteiger partial charge on any atom is 4.00 e. The molecule has 0 nitrogen and oxygen atoms in total. The fourth-order valence-corrected chi connectivity index (χ4v) is 2.81. The van der Waals surface area contributed by atoms with Crippen molar-refractivity contribution >= 4 is 0 Å². The molecule has 0 radical (unpaired) electrons. The normalized spacial score (nSPS) is 20.4. The van der Waals surface area contributed by atoms with Gasteiger partial charge in [0, 0.05) is 0 Å². The molecule has 0 amide bonds. The smallest absolute Gasteiger partial charge is 1.00 e. The van der Waals surface area contributed by atoms with Crippen LogP contribution in [0.3, 0.4) is 0 Å². The Bertz CT molecular complexity index is 494. The molecule has 0 aromatic heterocycles. The number of hydrogen-bond acceptors (Lipinski definition) is 0. The predicted octanol–water partition coefficient (Wildman–Crippen LogP) is 0.230. The Labute approximate surface area is 184 Å². The molecule has 0 aliphatic heterocycles. The summed E-state index contributed by atoms with van der Waals surface area (Å²) in [5.74, 6) is 0. The van der Waals surface area contributed by atoms with E-state index in [1.807, 2.05) is 0 Å². The molecule has 0 N–H and O–H groups in total. The van der Waals surface area contributed by atoms with Crippen LogP contribution in [0.1, 0.15) is 69.2 Å². The zero-order valence-corrected chi connectivity index (χ0v) is 23.0. The monoisotopic (exact) mass is 608 g/mol. The molecular formula is C20H30Br2Hf. The maximum absolute atomic E-state index is 3.44. The van der Waals surface area contributed by atoms with E-state index in [0.717, 1.165) is 0 Å². The molecule has 2 rings (SSSR count). The van der Waals surface area contributed by atoms with Gasteiger partial charge in [-0.2, -0.15) is 22.3 Å². The van der Waals surface area contributed by atoms with Crippen LogP contribution in [-0.2, 0) is 25.8 Å². The summed E-state index contributed by atoms with van der Waals surface area (Å²) >= 11 is 0. The van der Waals surface area contributed by atoms with Crippen molar-refractivity contribution in [1.82, 2.24) is 0 Å². The molecule has 0 atom stereocenters. The van der Waals surface area contributed by atoms with Gasteiger partial charge in [-0.15, -0.1) is 13.8 Å². The largest absolute Gasteiger partial charge is 4.00 e. The molecule has 0 heterocycles. The van der Waals surface area contributed by atoms with Crippen molar-refractivity contribution < 1.29 is 59.8 Å². The van der Waals surface area contributed by atoms with Gasteiger partial charge < -0.3 is 34.0 Å². The Morgan fingerprint density at radius 3 is 0.826 bits per heavy atom. The third-order valence-electron chi connectivity index (χ3n) is 5.12. The van der Waals surface area contributed by atoms with E-state index in [1.54, 1.807) is 0 Å². The molecule has 0 saturated heterocycles. The third-order valence-corrected chi connectivity index (χ3v) is 5.12. The van der Waals surface area contributed by atoms with Crippen LogP contribution >= 0.6 is 0 Å². The minimum Gasteiger partial charge on any atom is -1.00 e. The molecule has 0 spiro atoms. The summed E-state index contributed by atoms with van der Waals surface area (Å²) in [6, 6.07) is 0. The summed E-state index contributed by atoms with van der Waals surface area (Å²) in [5, 5.41) is 0. The van der Waals surface area contributed by atoms with Crippen molar-refractivity contribution in [3.05, 3.63) is 45.6 Å². The first-order chi connectivity index (χ1) is 8.90. The van der Waals surface area contributed by atoms with E-state index in [4.69, 9.17) is 0 Å². The first-order valence-electron chi connectivity index (χ1n) is 7.50. The summed E-state index contributed by atoms with van der Waals surface area (Å²) in [6.45, 7) is 21.8. The SMILES string of the molecule is CC1=[C-]C(C)(C)C(C)=C1C.CC1=[C-]C(C)(C)C(C)=C1C.[Br-].[Br-].[Hf+4]. The van der Waals surface area contributed by atoms with E-state index < -0.39 is 0 Å². The van der Waals surface area contributed by atoms with Crippen molar-refractivity contribution in [3.8, 4) is 0 Å². The Kier molecular flexibility index (Phi) is 12.5. The van der Waals surface area contributed by atoms with Crippen molar-refractivity contribution in [2.24, 2.45) is 10.8 Å². The average molecular weight is 609 g/mol. The third kappa shape index (κ3) is 6.55. The number of halogens is 2. The van der Waals surface area contributed by atoms with Gasteiger partial charge in [-0.05, 0) is 0 Å². The van der Waals surface area contributed by atoms with E-state index >= 15 is 0 Å². The van der Waals surface area contributed by atoms with Crippen molar-refractivity contribution in [1.29, 1.82) is 0 Å². The molecule has 0 aromatic carbocycles. The van der Waals surface area contributed by atoms with Gasteiger partial charge in [0.1, 0.15) is 0 Å². The summed E-state index contributed by atoms with van der Waals surface area (Å²) < 4.78 is 0. The topological polar surface area (TPSA) is 0 Å². The zero-order chi connectivity index (χ0) is 15.9. The van der Waals surface area contributed by atoms with Crippen LogP contribution in [0.5, 0.6) is 0 Å². The Morgan fingerprint density at radius 1 is 0.565 bits per heavy atom. The van der Waals surface area contributed by atoms with E-state index in [1.165, 1.54) is 33.4 Å². The van der Waals surface area contributed by atoms with Gasteiger partial charge in [0.2, 0.25) is 0 Å². The van der Waals surface area contributed by atoms with Gasteiger partial charge in [-0.3, -0.25) is 12.2 Å². The van der Waals surface area contributed by atoms with Crippen LogP contribution in [0.2, 0.25) is 0 Å². The van der Waals surface area contributed by atoms with Crippen LogP contribution in [0.25, 0.3) is 0 Å². The van der Waals surface area contributed by atoms with Gasteiger partial charge in [0.15, 0.2) is 0 Å². The minimum absolute atomic E-state index is 0. The molecule has 0 fully saturated rings. The Morgan fingerprint density at radius 2 is 0.783 bits per heavy atom. The quantitative estimate of drug-likeness (QED) is 0.273. The van der Waals surface area contributed by atoms with Crippen LogP contribution < -0.4 is 34.0 Å². The van der Waals surface area contributed by atoms with Gasteiger partial charge >= 0.3 is 25.8 Å². The molecule has 3 heteroatoms. The summed E-state index contributed by atoms with van der Waals surface area (Å²) in [6.07, 6.45) is 6.87. The number of allylic oxidation sites excluding steroid dienone is 8. The molecule has 128 valence electrons. The van der Waals surface area contributed by atoms with Crippen LogP contribution in [0.15, 0.2) is 33.4 Å². The van der Waals surface area contributed by atoms with E-state index in [0.29, 0.717) is 0 Å². The molecule has 0 saturated carbocycles. The molecule has 23 heavy (non-hydrogen) atoms. The summed E-state index contributed by atoms with van der Waals surface area (Å²) in [5.41, 5.74) is 8.79. The number of hydrogen-bond donors (Lipinski definition) is 0. The summed E-state index contributed by atoms with van der Waals surface area (Å²) in [7, 11) is 0. The summed E-state index contributed by atoms with van der Waals surface area (Å²) in [4.78, 5) is 0. The van der Waals surface area contributed by atoms with E-state index in [-0.39, 0.29) is 70.6 Å². The predicted molar refractivity (Wildman–Crippen MR) is 89.2 cm³/mol. The average Bonchev–Trinajstić information content (AvgIpc) is 2.60. The van der Waals surface area contributed by atoms with Crippen LogP contribution in [0, 0.1) is 23.0 Å². The second-order valence-corrected chi connectivity index (χ2v) is 7.25. The van der Waals surface area contributed by atoms with Crippen molar-refractivity contribution in [3.63, 3.8) is 0 Å². The maximum atomic E-state index is 3.44. The first-order valence-corrected chi connectivity index (χ1v) is 7.50. The second-order valence-electron chi connectivity index (χ2n) is 7.25. The molecule has 0 bridgehead atoms. The zero-order valence-electron chi connectivity index (χ0n) is 16.3. The van der Waals surface area contributed by atoms with Crippen LogP contribution in [0.4, 0.5) is 0 Å². The molecule has 2 aliphatic carbocycles. The van der Waals surface area contributed by atoms with E-state index in [9.17, 15) is 0 Å². The van der Waals surface area contributed by atoms with Crippen molar-refractivity contribution in [2.75, 3.05) is 0 Å². The molecule has 0 unspecified atom stereocenters. The molecule has 0 aromatic rings. The second kappa shape index (κ2) is 10.1. The van der Waals surface area contributed by atoms with Gasteiger partial charge in [-0.1, -0.05) is 66.2 Å². The van der Waals surface area contributed by atoms with Crippen molar-refractivity contribution in [2.45, 2.75) is 69.2 Å².